The van der Waals surface area contributed by atoms with Crippen molar-refractivity contribution in [2.24, 2.45) is 11.8 Å². The normalized spacial score (nSPS) is 21.6. The van der Waals surface area contributed by atoms with E-state index in [0.29, 0.717) is 25.3 Å². The monoisotopic (exact) mass is 616 g/mol. The van der Waals surface area contributed by atoms with Gasteiger partial charge in [0.1, 0.15) is 17.1 Å². The van der Waals surface area contributed by atoms with Crippen molar-refractivity contribution in [3.63, 3.8) is 0 Å². The first-order valence-electron chi connectivity index (χ1n) is 14.2. The number of nitrogen functional groups attached to an aromatic ring is 1. The summed E-state index contributed by atoms with van der Waals surface area (Å²) >= 11 is 0. The third-order valence-corrected chi connectivity index (χ3v) is 8.38. The molecular formula is C28H34F2N8O6. The molecule has 3 aromatic heterocycles. The van der Waals surface area contributed by atoms with E-state index in [9.17, 15) is 29.0 Å². The van der Waals surface area contributed by atoms with Crippen LogP contribution in [-0.2, 0) is 6.54 Å². The second-order valence-corrected chi connectivity index (χ2v) is 11.0. The van der Waals surface area contributed by atoms with Gasteiger partial charge in [-0.05, 0) is 32.3 Å². The first kappa shape index (κ1) is 31.0. The largest absolute Gasteiger partial charge is 0.477 e. The molecule has 16 heteroatoms. The zero-order valence-corrected chi connectivity index (χ0v) is 24.1. The maximum atomic E-state index is 15.2. The highest BCUT2D eigenvalue weighted by molar-refractivity contribution is 5.93. The lowest BCUT2D eigenvalue weighted by Crippen LogP contribution is -2.49. The van der Waals surface area contributed by atoms with E-state index in [4.69, 9.17) is 10.8 Å². The summed E-state index contributed by atoms with van der Waals surface area (Å²) in [7, 11) is 0. The lowest BCUT2D eigenvalue weighted by Gasteiger charge is -2.43. The van der Waals surface area contributed by atoms with E-state index in [1.807, 2.05) is 6.92 Å². The number of hydrogen-bond acceptors (Lipinski definition) is 10. The lowest BCUT2D eigenvalue weighted by atomic mass is 9.70. The zero-order chi connectivity index (χ0) is 31.9. The second kappa shape index (κ2) is 12.3. The summed E-state index contributed by atoms with van der Waals surface area (Å²) in [6, 6.07) is 1.01. The van der Waals surface area contributed by atoms with Crippen LogP contribution in [0.25, 0.3) is 22.1 Å². The van der Waals surface area contributed by atoms with Crippen LogP contribution in [0.3, 0.4) is 0 Å². The summed E-state index contributed by atoms with van der Waals surface area (Å²) < 4.78 is 32.9. The van der Waals surface area contributed by atoms with Crippen LogP contribution in [-0.4, -0.2) is 84.3 Å². The van der Waals surface area contributed by atoms with Crippen molar-refractivity contribution in [1.29, 1.82) is 0 Å². The van der Waals surface area contributed by atoms with E-state index in [0.717, 1.165) is 18.7 Å². The molecule has 7 N–H and O–H groups in total. The van der Waals surface area contributed by atoms with E-state index in [2.05, 4.69) is 20.3 Å². The molecule has 0 spiro atoms. The Morgan fingerprint density at radius 1 is 1.23 bits per heavy atom. The minimum Gasteiger partial charge on any atom is -0.477 e. The molecule has 2 fully saturated rings. The van der Waals surface area contributed by atoms with Crippen LogP contribution < -0.4 is 26.9 Å². The van der Waals surface area contributed by atoms with E-state index >= 15 is 4.39 Å². The van der Waals surface area contributed by atoms with Gasteiger partial charge >= 0.3 is 5.97 Å². The number of hydrogen-bond donors (Lipinski definition) is 6. The summed E-state index contributed by atoms with van der Waals surface area (Å²) in [5.41, 5.74) is 4.18. The number of H-pyrrole nitrogens is 1. The van der Waals surface area contributed by atoms with Gasteiger partial charge < -0.3 is 40.4 Å². The summed E-state index contributed by atoms with van der Waals surface area (Å²) in [5.74, 6) is -3.05. The molecule has 4 atom stereocenters. The maximum absolute atomic E-state index is 15.2. The highest BCUT2D eigenvalue weighted by Crippen LogP contribution is 2.44. The molecule has 1 aliphatic carbocycles. The highest BCUT2D eigenvalue weighted by Gasteiger charge is 2.42. The maximum Gasteiger partial charge on any atom is 0.341 e. The number of anilines is 2. The van der Waals surface area contributed by atoms with Gasteiger partial charge in [-0.1, -0.05) is 0 Å². The number of benzene rings is 1. The molecular weight excluding hydrogens is 582 g/mol. The molecule has 4 heterocycles. The predicted octanol–water partition coefficient (Wildman–Crippen LogP) is 0.660. The molecule has 14 nitrogen and oxygen atoms in total. The highest BCUT2D eigenvalue weighted by atomic mass is 19.1. The van der Waals surface area contributed by atoms with Crippen molar-refractivity contribution >= 4 is 39.7 Å². The first-order valence-corrected chi connectivity index (χ1v) is 14.2. The Kier molecular flexibility index (Phi) is 8.67. The molecule has 1 saturated carbocycles. The number of carboxylic acid groups (broad SMARTS) is 1. The minimum atomic E-state index is -1.42. The van der Waals surface area contributed by atoms with Crippen LogP contribution in [0.2, 0.25) is 0 Å². The van der Waals surface area contributed by atoms with Crippen LogP contribution >= 0.6 is 0 Å². The number of aliphatic hydroxyl groups is 2. The Balaban J connectivity index is 0.000000181. The van der Waals surface area contributed by atoms with Gasteiger partial charge in [0.15, 0.2) is 17.0 Å². The van der Waals surface area contributed by atoms with Gasteiger partial charge in [-0.15, -0.1) is 0 Å². The number of rotatable bonds is 6. The number of aromatic amines is 1. The van der Waals surface area contributed by atoms with Crippen molar-refractivity contribution in [3.8, 4) is 0 Å². The topological polar surface area (TPSA) is 205 Å². The molecule has 1 saturated heterocycles. The van der Waals surface area contributed by atoms with Gasteiger partial charge in [0.25, 0.3) is 5.56 Å². The number of aromatic nitrogens is 5. The molecule has 4 aromatic rings. The third-order valence-electron chi connectivity index (χ3n) is 8.38. The summed E-state index contributed by atoms with van der Waals surface area (Å²) in [4.78, 5) is 47.4. The van der Waals surface area contributed by atoms with E-state index < -0.39 is 28.6 Å². The first-order chi connectivity index (χ1) is 21.0. The quantitative estimate of drug-likeness (QED) is 0.178. The third kappa shape index (κ3) is 5.39. The number of nitrogens with zero attached hydrogens (tertiary/aromatic N) is 5. The predicted molar refractivity (Wildman–Crippen MR) is 158 cm³/mol. The number of piperazine rings is 1. The van der Waals surface area contributed by atoms with E-state index in [1.54, 1.807) is 16.4 Å². The van der Waals surface area contributed by atoms with E-state index in [-0.39, 0.29) is 77.3 Å². The standard InChI is InChI=1S/C17H19F2N3O3.C11H15N5O3/c1-3-21-8-11(17(24)25)16(23)10-6-12(18)15(13(19)14(10)21)22-5-4-20-9(2)7-22;12-11-14-9-8(10(19)15-11)13-4-16(9)7-1-5(2-17)6(7)3-18/h6,8-9,20H,3-5,7H2,1-2H3,(H,24,25);4-7,17-18H,1-3H2,(H3,12,14,15,19)/t;5-,6-,7-/m.1/s1. The Morgan fingerprint density at radius 3 is 2.61 bits per heavy atom. The number of pyridine rings is 1. The molecule has 2 aliphatic rings. The van der Waals surface area contributed by atoms with Gasteiger partial charge in [-0.2, -0.15) is 4.98 Å². The lowest BCUT2D eigenvalue weighted by molar-refractivity contribution is -0.00528. The molecule has 0 amide bonds. The molecule has 0 radical (unpaired) electrons. The smallest absolute Gasteiger partial charge is 0.341 e. The van der Waals surface area contributed by atoms with Crippen LogP contribution in [0.1, 0.15) is 36.7 Å². The number of imidazole rings is 1. The number of nitrogens with one attached hydrogen (secondary N) is 2. The molecule has 0 bridgehead atoms. The molecule has 6 rings (SSSR count). The fourth-order valence-electron chi connectivity index (χ4n) is 6.07. The van der Waals surface area contributed by atoms with Crippen LogP contribution in [0.15, 0.2) is 28.2 Å². The summed E-state index contributed by atoms with van der Waals surface area (Å²) in [6.45, 7) is 5.36. The number of nitrogens with two attached hydrogens (primary N) is 1. The summed E-state index contributed by atoms with van der Waals surface area (Å²) in [5, 5.41) is 30.7. The van der Waals surface area contributed by atoms with Crippen LogP contribution in [0.5, 0.6) is 0 Å². The second-order valence-electron chi connectivity index (χ2n) is 11.0. The molecule has 44 heavy (non-hydrogen) atoms. The molecule has 1 aliphatic heterocycles. The van der Waals surface area contributed by atoms with Crippen LogP contribution in [0.4, 0.5) is 20.4 Å². The van der Waals surface area contributed by atoms with Crippen molar-refractivity contribution < 1.29 is 28.9 Å². The molecule has 1 aromatic carbocycles. The van der Waals surface area contributed by atoms with Gasteiger partial charge in [0, 0.05) is 63.6 Å². The number of aryl methyl sites for hydroxylation is 1. The van der Waals surface area contributed by atoms with Crippen molar-refractivity contribution in [3.05, 3.63) is 56.4 Å². The van der Waals surface area contributed by atoms with Crippen molar-refractivity contribution in [2.75, 3.05) is 43.5 Å². The molecule has 1 unspecified atom stereocenters. The Bertz CT molecular complexity index is 1840. The van der Waals surface area contributed by atoms with E-state index in [1.165, 1.54) is 10.9 Å². The number of halogens is 2. The Morgan fingerprint density at radius 2 is 1.98 bits per heavy atom. The number of aromatic carboxylic acids is 1. The fraction of sp³-hybridized carbons (Fsp3) is 0.464. The summed E-state index contributed by atoms with van der Waals surface area (Å²) in [6.07, 6.45) is 3.37. The SMILES string of the molecule is CCn1cc(C(=O)O)c(=O)c2cc(F)c(N3CCNC(C)C3)c(F)c21.Nc1nc2c(ncn2[C@@H]2C[C@H](CO)[C@H]2CO)c(=O)[nH]1. The van der Waals surface area contributed by atoms with Gasteiger partial charge in [0.2, 0.25) is 11.4 Å². The van der Waals surface area contributed by atoms with Crippen LogP contribution in [0, 0.1) is 23.5 Å². The van der Waals surface area contributed by atoms with Gasteiger partial charge in [0.05, 0.1) is 17.2 Å². The minimum absolute atomic E-state index is 0.0131. The number of carbonyl (C=O) groups is 1. The zero-order valence-electron chi connectivity index (χ0n) is 24.1. The number of carboxylic acids is 1. The fourth-order valence-corrected chi connectivity index (χ4v) is 6.07. The Hall–Kier alpha value is -4.41. The average molecular weight is 617 g/mol. The van der Waals surface area contributed by atoms with Gasteiger partial charge in [-0.3, -0.25) is 14.6 Å². The number of fused-ring (bicyclic) bond motifs is 2. The molecule has 236 valence electrons. The van der Waals surface area contributed by atoms with Crippen molar-refractivity contribution in [1.82, 2.24) is 29.4 Å². The van der Waals surface area contributed by atoms with Crippen molar-refractivity contribution in [2.45, 2.75) is 38.9 Å². The number of aliphatic hydroxyl groups excluding tert-OH is 2. The Labute approximate surface area is 248 Å². The average Bonchev–Trinajstić information content (AvgIpc) is 3.37. The van der Waals surface area contributed by atoms with Gasteiger partial charge in [-0.25, -0.2) is 18.6 Å².